The van der Waals surface area contributed by atoms with Gasteiger partial charge < -0.3 is 20.3 Å². The molecule has 33 heavy (non-hydrogen) atoms. The quantitative estimate of drug-likeness (QED) is 0.630. The fourth-order valence-corrected chi connectivity index (χ4v) is 4.01. The third-order valence-electron chi connectivity index (χ3n) is 6.09. The number of methoxy groups -OCH3 is 1. The summed E-state index contributed by atoms with van der Waals surface area (Å²) in [4.78, 5) is 40.9. The highest BCUT2D eigenvalue weighted by atomic mass is 16.5. The lowest BCUT2D eigenvalue weighted by Crippen LogP contribution is -2.53. The maximum absolute atomic E-state index is 12.7. The summed E-state index contributed by atoms with van der Waals surface area (Å²) < 4.78 is 4.75. The van der Waals surface area contributed by atoms with E-state index in [0.717, 1.165) is 38.2 Å². The van der Waals surface area contributed by atoms with Gasteiger partial charge in [0.15, 0.2) is 0 Å². The Kier molecular flexibility index (Phi) is 6.93. The van der Waals surface area contributed by atoms with Crippen molar-refractivity contribution in [1.29, 1.82) is 0 Å². The number of esters is 1. The van der Waals surface area contributed by atoms with Crippen molar-refractivity contribution in [1.82, 2.24) is 10.2 Å². The first-order valence-electron chi connectivity index (χ1n) is 11.3. The molecule has 1 heterocycles. The van der Waals surface area contributed by atoms with E-state index >= 15 is 0 Å². The number of carbonyl (C=O) groups excluding carboxylic acids is 3. The van der Waals surface area contributed by atoms with E-state index in [2.05, 4.69) is 27.4 Å². The third kappa shape index (κ3) is 5.90. The van der Waals surface area contributed by atoms with Crippen LogP contribution in [0.1, 0.15) is 40.5 Å². The molecule has 0 aromatic heterocycles. The summed E-state index contributed by atoms with van der Waals surface area (Å²) in [6.07, 6.45) is 2.07. The van der Waals surface area contributed by atoms with Gasteiger partial charge in [-0.2, -0.15) is 0 Å². The second-order valence-corrected chi connectivity index (χ2v) is 8.68. The molecule has 0 bridgehead atoms. The number of anilines is 2. The Hall–Kier alpha value is -3.39. The monoisotopic (exact) mass is 450 g/mol. The molecule has 2 amide bonds. The number of hydrogen-bond acceptors (Lipinski definition) is 6. The van der Waals surface area contributed by atoms with E-state index < -0.39 is 0 Å². The van der Waals surface area contributed by atoms with Crippen LogP contribution in [0.4, 0.5) is 11.4 Å². The topological polar surface area (TPSA) is 91.0 Å². The summed E-state index contributed by atoms with van der Waals surface area (Å²) in [7, 11) is 1.37. The van der Waals surface area contributed by atoms with Crippen LogP contribution in [0.3, 0.4) is 0 Å². The van der Waals surface area contributed by atoms with Crippen LogP contribution in [-0.2, 0) is 9.53 Å². The van der Waals surface area contributed by atoms with Gasteiger partial charge >= 0.3 is 5.97 Å². The van der Waals surface area contributed by atoms with Crippen LogP contribution in [0, 0.1) is 0 Å². The predicted octanol–water partition coefficient (Wildman–Crippen LogP) is 2.51. The molecule has 1 saturated heterocycles. The first-order chi connectivity index (χ1) is 15.9. The second-order valence-electron chi connectivity index (χ2n) is 8.68. The zero-order valence-electron chi connectivity index (χ0n) is 19.0. The Bertz CT molecular complexity index is 1020. The zero-order chi connectivity index (χ0) is 23.4. The third-order valence-corrected chi connectivity index (χ3v) is 6.09. The Morgan fingerprint density at radius 2 is 1.79 bits per heavy atom. The van der Waals surface area contributed by atoms with Crippen molar-refractivity contribution in [2.45, 2.75) is 31.8 Å². The molecule has 2 aromatic carbocycles. The molecule has 1 aliphatic carbocycles. The van der Waals surface area contributed by atoms with Crippen molar-refractivity contribution in [2.75, 3.05) is 43.5 Å². The van der Waals surface area contributed by atoms with E-state index in [9.17, 15) is 14.4 Å². The van der Waals surface area contributed by atoms with Gasteiger partial charge in [0.05, 0.1) is 19.2 Å². The van der Waals surface area contributed by atoms with Gasteiger partial charge in [0.25, 0.3) is 5.91 Å². The van der Waals surface area contributed by atoms with E-state index in [1.165, 1.54) is 7.11 Å². The lowest BCUT2D eigenvalue weighted by molar-refractivity contribution is -0.117. The SMILES string of the molecule is COC(=O)c1ccc(N2CCN(CC(=O)Nc3cccc(C(=O)NC4CC4)c3)C(C)C2)cc1. The van der Waals surface area contributed by atoms with Crippen LogP contribution >= 0.6 is 0 Å². The van der Waals surface area contributed by atoms with E-state index in [4.69, 9.17) is 4.74 Å². The molecule has 0 radical (unpaired) electrons. The maximum Gasteiger partial charge on any atom is 0.337 e. The molecular formula is C25H30N4O4. The summed E-state index contributed by atoms with van der Waals surface area (Å²) in [5, 5.41) is 5.89. The number of rotatable bonds is 7. The number of nitrogens with one attached hydrogen (secondary N) is 2. The summed E-state index contributed by atoms with van der Waals surface area (Å²) in [5.41, 5.74) is 2.75. The minimum absolute atomic E-state index is 0.0991. The highest BCUT2D eigenvalue weighted by Crippen LogP contribution is 2.21. The molecule has 1 aliphatic heterocycles. The lowest BCUT2D eigenvalue weighted by atomic mass is 10.1. The molecule has 8 heteroatoms. The van der Waals surface area contributed by atoms with E-state index in [1.807, 2.05) is 12.1 Å². The molecule has 2 aromatic rings. The van der Waals surface area contributed by atoms with Crippen molar-refractivity contribution >= 4 is 29.2 Å². The summed E-state index contributed by atoms with van der Waals surface area (Å²) in [5.74, 6) is -0.546. The molecule has 2 N–H and O–H groups in total. The fraction of sp³-hybridized carbons (Fsp3) is 0.400. The molecule has 0 spiro atoms. The standard InChI is InChI=1S/C25H30N4O4/c1-17-15-29(22-10-6-18(7-11-22)25(32)33-2)13-12-28(17)16-23(30)26-21-5-3-4-19(14-21)24(31)27-20-8-9-20/h3-7,10-11,14,17,20H,8-9,12-13,15-16H2,1-2H3,(H,26,30)(H,27,31). The van der Waals surface area contributed by atoms with Gasteiger partial charge in [0.1, 0.15) is 0 Å². The van der Waals surface area contributed by atoms with E-state index in [-0.39, 0.29) is 30.4 Å². The Morgan fingerprint density at radius 1 is 1.03 bits per heavy atom. The number of carbonyl (C=O) groups is 3. The molecular weight excluding hydrogens is 420 g/mol. The Balaban J connectivity index is 1.29. The highest BCUT2D eigenvalue weighted by Gasteiger charge is 2.26. The first-order valence-corrected chi connectivity index (χ1v) is 11.3. The van der Waals surface area contributed by atoms with Crippen molar-refractivity contribution in [2.24, 2.45) is 0 Å². The highest BCUT2D eigenvalue weighted by molar-refractivity contribution is 5.97. The molecule has 2 aliphatic rings. The number of benzene rings is 2. The Morgan fingerprint density at radius 3 is 2.45 bits per heavy atom. The van der Waals surface area contributed by atoms with Crippen LogP contribution in [0.5, 0.6) is 0 Å². The van der Waals surface area contributed by atoms with Gasteiger partial charge in [0, 0.05) is 48.7 Å². The summed E-state index contributed by atoms with van der Waals surface area (Å²) >= 11 is 0. The number of nitrogens with zero attached hydrogens (tertiary/aromatic N) is 2. The van der Waals surface area contributed by atoms with E-state index in [1.54, 1.807) is 36.4 Å². The van der Waals surface area contributed by atoms with Crippen LogP contribution in [0.2, 0.25) is 0 Å². The van der Waals surface area contributed by atoms with Crippen LogP contribution in [0.15, 0.2) is 48.5 Å². The average Bonchev–Trinajstić information content (AvgIpc) is 3.64. The van der Waals surface area contributed by atoms with Crippen molar-refractivity contribution in [3.8, 4) is 0 Å². The van der Waals surface area contributed by atoms with Crippen LogP contribution in [-0.4, -0.2) is 68.1 Å². The number of ether oxygens (including phenoxy) is 1. The molecule has 4 rings (SSSR count). The van der Waals surface area contributed by atoms with Gasteiger partial charge in [-0.15, -0.1) is 0 Å². The summed E-state index contributed by atoms with van der Waals surface area (Å²) in [6, 6.07) is 14.9. The minimum Gasteiger partial charge on any atom is -0.465 e. The zero-order valence-corrected chi connectivity index (χ0v) is 19.0. The van der Waals surface area contributed by atoms with Gasteiger partial charge in [-0.3, -0.25) is 14.5 Å². The Labute approximate surface area is 193 Å². The number of amides is 2. The molecule has 174 valence electrons. The van der Waals surface area contributed by atoms with Crippen molar-refractivity contribution in [3.05, 3.63) is 59.7 Å². The van der Waals surface area contributed by atoms with Gasteiger partial charge in [-0.05, 0) is 62.2 Å². The first kappa shape index (κ1) is 22.8. The predicted molar refractivity (Wildman–Crippen MR) is 127 cm³/mol. The number of piperazine rings is 1. The molecule has 1 saturated carbocycles. The number of hydrogen-bond donors (Lipinski definition) is 2. The van der Waals surface area contributed by atoms with Crippen molar-refractivity contribution in [3.63, 3.8) is 0 Å². The molecule has 2 fully saturated rings. The fourth-order valence-electron chi connectivity index (χ4n) is 4.01. The van der Waals surface area contributed by atoms with Gasteiger partial charge in [-0.1, -0.05) is 6.07 Å². The molecule has 1 unspecified atom stereocenters. The average molecular weight is 451 g/mol. The summed E-state index contributed by atoms with van der Waals surface area (Å²) in [6.45, 7) is 4.70. The normalized spacial score (nSPS) is 18.5. The molecule has 8 nitrogen and oxygen atoms in total. The molecule has 1 atom stereocenters. The van der Waals surface area contributed by atoms with Crippen LogP contribution < -0.4 is 15.5 Å². The van der Waals surface area contributed by atoms with Crippen molar-refractivity contribution < 1.29 is 19.1 Å². The minimum atomic E-state index is -0.347. The van der Waals surface area contributed by atoms with Crippen LogP contribution in [0.25, 0.3) is 0 Å². The maximum atomic E-state index is 12.7. The largest absolute Gasteiger partial charge is 0.465 e. The van der Waals surface area contributed by atoms with Gasteiger partial charge in [0.2, 0.25) is 5.91 Å². The van der Waals surface area contributed by atoms with E-state index in [0.29, 0.717) is 22.9 Å². The second kappa shape index (κ2) is 10.0. The van der Waals surface area contributed by atoms with Gasteiger partial charge in [-0.25, -0.2) is 4.79 Å². The smallest absolute Gasteiger partial charge is 0.337 e. The lowest BCUT2D eigenvalue weighted by Gasteiger charge is -2.40.